The van der Waals surface area contributed by atoms with E-state index in [2.05, 4.69) is 25.8 Å². The van der Waals surface area contributed by atoms with Gasteiger partial charge in [0, 0.05) is 25.4 Å². The summed E-state index contributed by atoms with van der Waals surface area (Å²) in [5, 5.41) is 4.31. The van der Waals surface area contributed by atoms with E-state index in [1.165, 1.54) is 20.3 Å². The monoisotopic (exact) mass is 417 g/mol. The van der Waals surface area contributed by atoms with Crippen LogP contribution in [0.5, 0.6) is 11.5 Å². The van der Waals surface area contributed by atoms with Crippen molar-refractivity contribution < 1.29 is 17.9 Å². The molecule has 1 aromatic carbocycles. The summed E-state index contributed by atoms with van der Waals surface area (Å²) in [5.74, 6) is 0.725. The lowest BCUT2D eigenvalue weighted by atomic mass is 10.3. The highest BCUT2D eigenvalue weighted by Gasteiger charge is 2.20. The number of methoxy groups -OCH3 is 2. The van der Waals surface area contributed by atoms with Gasteiger partial charge in [-0.1, -0.05) is 0 Å². The molecule has 0 aliphatic carbocycles. The van der Waals surface area contributed by atoms with Crippen molar-refractivity contribution in [3.63, 3.8) is 0 Å². The van der Waals surface area contributed by atoms with E-state index in [9.17, 15) is 8.42 Å². The molecule has 0 aliphatic heterocycles. The van der Waals surface area contributed by atoms with Crippen LogP contribution in [0.3, 0.4) is 0 Å². The molecule has 0 unspecified atom stereocenters. The number of aryl methyl sites for hydroxylation is 2. The minimum atomic E-state index is -3.69. The Hall–Kier alpha value is -1.58. The van der Waals surface area contributed by atoms with Gasteiger partial charge in [-0.15, -0.1) is 0 Å². The number of hydrogen-bond donors (Lipinski definition) is 1. The quantitative estimate of drug-likeness (QED) is 0.666. The number of sulfonamides is 1. The smallest absolute Gasteiger partial charge is 0.244 e. The van der Waals surface area contributed by atoms with Crippen molar-refractivity contribution in [2.75, 3.05) is 20.8 Å². The molecule has 1 aromatic heterocycles. The number of benzene rings is 1. The van der Waals surface area contributed by atoms with Crippen molar-refractivity contribution in [1.29, 1.82) is 0 Å². The molecule has 0 spiro atoms. The van der Waals surface area contributed by atoms with Crippen molar-refractivity contribution in [2.24, 2.45) is 0 Å². The molecule has 1 heterocycles. The van der Waals surface area contributed by atoms with Gasteiger partial charge in [0.25, 0.3) is 0 Å². The molecule has 9 heteroatoms. The standard InChI is InChI=1S/C15H20BrN3O4S/c1-11-13(16)10-19(18-11)8-4-7-17-24(20,21)15-9-12(22-2)5-6-14(15)23-3/h5-6,9-10,17H,4,7-8H2,1-3H3. The highest BCUT2D eigenvalue weighted by Crippen LogP contribution is 2.27. The second kappa shape index (κ2) is 8.00. The van der Waals surface area contributed by atoms with Crippen LogP contribution in [0.2, 0.25) is 0 Å². The molecule has 0 fully saturated rings. The lowest BCUT2D eigenvalue weighted by Crippen LogP contribution is -2.26. The van der Waals surface area contributed by atoms with E-state index in [0.29, 0.717) is 25.3 Å². The molecule has 2 rings (SSSR count). The normalized spacial score (nSPS) is 11.5. The van der Waals surface area contributed by atoms with Crippen LogP contribution in [0.15, 0.2) is 33.8 Å². The number of hydrogen-bond acceptors (Lipinski definition) is 5. The van der Waals surface area contributed by atoms with Crippen LogP contribution >= 0.6 is 15.9 Å². The number of aromatic nitrogens is 2. The van der Waals surface area contributed by atoms with Crippen LogP contribution in [-0.4, -0.2) is 39.0 Å². The van der Waals surface area contributed by atoms with Gasteiger partial charge in [-0.3, -0.25) is 4.68 Å². The van der Waals surface area contributed by atoms with E-state index in [0.717, 1.165) is 10.2 Å². The third-order valence-electron chi connectivity index (χ3n) is 3.40. The molecule has 2 aromatic rings. The summed E-state index contributed by atoms with van der Waals surface area (Å²) in [7, 11) is -0.776. The summed E-state index contributed by atoms with van der Waals surface area (Å²) in [6, 6.07) is 4.66. The fourth-order valence-electron chi connectivity index (χ4n) is 2.13. The molecule has 7 nitrogen and oxygen atoms in total. The summed E-state index contributed by atoms with van der Waals surface area (Å²) < 4.78 is 40.4. The third kappa shape index (κ3) is 4.49. The van der Waals surface area contributed by atoms with E-state index in [4.69, 9.17) is 9.47 Å². The fraction of sp³-hybridized carbons (Fsp3) is 0.400. The van der Waals surface area contributed by atoms with Crippen LogP contribution in [-0.2, 0) is 16.6 Å². The average molecular weight is 418 g/mol. The third-order valence-corrected chi connectivity index (χ3v) is 5.66. The van der Waals surface area contributed by atoms with Crippen molar-refractivity contribution >= 4 is 26.0 Å². The maximum atomic E-state index is 12.5. The summed E-state index contributed by atoms with van der Waals surface area (Å²) in [4.78, 5) is 0.0574. The lowest BCUT2D eigenvalue weighted by molar-refractivity contribution is 0.392. The van der Waals surface area contributed by atoms with E-state index in [-0.39, 0.29) is 10.6 Å². The average Bonchev–Trinajstić information content (AvgIpc) is 2.89. The number of rotatable bonds is 8. The Kier molecular flexibility index (Phi) is 6.25. The first-order valence-electron chi connectivity index (χ1n) is 7.28. The Morgan fingerprint density at radius 2 is 2.04 bits per heavy atom. The maximum Gasteiger partial charge on any atom is 0.244 e. The van der Waals surface area contributed by atoms with Crippen LogP contribution < -0.4 is 14.2 Å². The van der Waals surface area contributed by atoms with E-state index in [1.807, 2.05) is 13.1 Å². The molecular formula is C15H20BrN3O4S. The van der Waals surface area contributed by atoms with E-state index in [1.54, 1.807) is 16.8 Å². The number of nitrogens with zero attached hydrogens (tertiary/aromatic N) is 2. The molecule has 0 aliphatic rings. The zero-order valence-corrected chi connectivity index (χ0v) is 16.1. The van der Waals surface area contributed by atoms with E-state index >= 15 is 0 Å². The van der Waals surface area contributed by atoms with Gasteiger partial charge in [0.05, 0.1) is 24.4 Å². The SMILES string of the molecule is COc1ccc(OC)c(S(=O)(=O)NCCCn2cc(Br)c(C)n2)c1. The summed E-state index contributed by atoms with van der Waals surface area (Å²) >= 11 is 3.40. The molecule has 1 N–H and O–H groups in total. The predicted molar refractivity (Wildman–Crippen MR) is 94.0 cm³/mol. The zero-order chi connectivity index (χ0) is 17.7. The minimum absolute atomic E-state index is 0.0574. The van der Waals surface area contributed by atoms with Crippen molar-refractivity contribution in [3.05, 3.63) is 34.6 Å². The number of ether oxygens (including phenoxy) is 2. The summed E-state index contributed by atoms with van der Waals surface area (Å²) in [6.07, 6.45) is 2.48. The van der Waals surface area contributed by atoms with Gasteiger partial charge >= 0.3 is 0 Å². The molecule has 0 amide bonds. The topological polar surface area (TPSA) is 82.5 Å². The maximum absolute atomic E-state index is 12.5. The largest absolute Gasteiger partial charge is 0.497 e. The van der Waals surface area contributed by atoms with Crippen LogP contribution in [0, 0.1) is 6.92 Å². The van der Waals surface area contributed by atoms with Crippen molar-refractivity contribution in [2.45, 2.75) is 24.8 Å². The molecule has 0 saturated carbocycles. The molecule has 0 atom stereocenters. The first-order chi connectivity index (χ1) is 11.4. The van der Waals surface area contributed by atoms with Gasteiger partial charge in [0.15, 0.2) is 0 Å². The highest BCUT2D eigenvalue weighted by molar-refractivity contribution is 9.10. The second-order valence-electron chi connectivity index (χ2n) is 5.09. The van der Waals surface area contributed by atoms with Gasteiger partial charge in [-0.2, -0.15) is 5.10 Å². The Bertz CT molecular complexity index is 786. The van der Waals surface area contributed by atoms with Gasteiger partial charge < -0.3 is 9.47 Å². The van der Waals surface area contributed by atoms with Gasteiger partial charge in [0.2, 0.25) is 10.0 Å². The summed E-state index contributed by atoms with van der Waals surface area (Å²) in [6.45, 7) is 2.81. The van der Waals surface area contributed by atoms with Crippen molar-refractivity contribution in [3.8, 4) is 11.5 Å². The molecule has 0 bridgehead atoms. The van der Waals surface area contributed by atoms with Crippen LogP contribution in [0.4, 0.5) is 0 Å². The molecule has 0 saturated heterocycles. The number of halogens is 1. The number of nitrogens with one attached hydrogen (secondary N) is 1. The van der Waals surface area contributed by atoms with Crippen molar-refractivity contribution in [1.82, 2.24) is 14.5 Å². The first kappa shape index (κ1) is 18.8. The highest BCUT2D eigenvalue weighted by atomic mass is 79.9. The summed E-state index contributed by atoms with van der Waals surface area (Å²) in [5.41, 5.74) is 0.900. The van der Waals surface area contributed by atoms with E-state index < -0.39 is 10.0 Å². The Morgan fingerprint density at radius 1 is 1.29 bits per heavy atom. The second-order valence-corrected chi connectivity index (χ2v) is 7.68. The van der Waals surface area contributed by atoms with Gasteiger partial charge in [-0.05, 0) is 41.4 Å². The Morgan fingerprint density at radius 3 is 2.62 bits per heavy atom. The fourth-order valence-corrected chi connectivity index (χ4v) is 3.70. The van der Waals surface area contributed by atoms with Crippen LogP contribution in [0.25, 0.3) is 0 Å². The molecular weight excluding hydrogens is 398 g/mol. The van der Waals surface area contributed by atoms with Gasteiger partial charge in [0.1, 0.15) is 16.4 Å². The molecule has 0 radical (unpaired) electrons. The first-order valence-corrected chi connectivity index (χ1v) is 9.56. The zero-order valence-electron chi connectivity index (χ0n) is 13.7. The Labute approximate surface area is 150 Å². The van der Waals surface area contributed by atoms with Gasteiger partial charge in [-0.25, -0.2) is 13.1 Å². The van der Waals surface area contributed by atoms with Crippen LogP contribution in [0.1, 0.15) is 12.1 Å². The molecule has 24 heavy (non-hydrogen) atoms. The predicted octanol–water partition coefficient (Wildman–Crippen LogP) is 2.34. The Balaban J connectivity index is 2.00. The minimum Gasteiger partial charge on any atom is -0.497 e. The lowest BCUT2D eigenvalue weighted by Gasteiger charge is -2.12. The molecule has 132 valence electrons.